The van der Waals surface area contributed by atoms with Crippen LogP contribution >= 0.6 is 0 Å². The minimum absolute atomic E-state index is 0.202. The topological polar surface area (TPSA) is 49.4 Å². The van der Waals surface area contributed by atoms with Gasteiger partial charge in [-0.25, -0.2) is 0 Å². The van der Waals surface area contributed by atoms with Gasteiger partial charge < -0.3 is 14.6 Å². The van der Waals surface area contributed by atoms with Crippen molar-refractivity contribution in [3.8, 4) is 5.75 Å². The van der Waals surface area contributed by atoms with Gasteiger partial charge in [0.2, 0.25) is 0 Å². The van der Waals surface area contributed by atoms with Crippen LogP contribution in [0.4, 0.5) is 0 Å². The van der Waals surface area contributed by atoms with Crippen LogP contribution in [0.3, 0.4) is 0 Å². The first-order valence-electron chi connectivity index (χ1n) is 7.21. The van der Waals surface area contributed by atoms with Crippen molar-refractivity contribution >= 4 is 5.97 Å². The first-order valence-corrected chi connectivity index (χ1v) is 7.21. The lowest BCUT2D eigenvalue weighted by atomic mass is 10.0. The average molecular weight is 283 g/mol. The molecule has 0 saturated carbocycles. The summed E-state index contributed by atoms with van der Waals surface area (Å²) in [6, 6.07) is 14.8. The molecular weight excluding hydrogens is 264 g/mol. The van der Waals surface area contributed by atoms with Crippen molar-refractivity contribution < 1.29 is 14.6 Å². The molecule has 3 nitrogen and oxygen atoms in total. The molecule has 0 heterocycles. The van der Waals surface area contributed by atoms with Crippen LogP contribution in [0.15, 0.2) is 48.5 Å². The Morgan fingerprint density at radius 2 is 1.90 bits per heavy atom. The van der Waals surface area contributed by atoms with Gasteiger partial charge >= 0.3 is 0 Å². The van der Waals surface area contributed by atoms with E-state index in [9.17, 15) is 9.90 Å². The molecule has 0 spiro atoms. The maximum Gasteiger partial charge on any atom is 0.123 e. The van der Waals surface area contributed by atoms with E-state index >= 15 is 0 Å². The number of carboxylic acid groups (broad SMARTS) is 1. The van der Waals surface area contributed by atoms with E-state index in [0.29, 0.717) is 6.61 Å². The Hall–Kier alpha value is -2.29. The summed E-state index contributed by atoms with van der Waals surface area (Å²) in [6.07, 6.45) is 2.85. The summed E-state index contributed by atoms with van der Waals surface area (Å²) in [6.45, 7) is 2.58. The van der Waals surface area contributed by atoms with Gasteiger partial charge in [0.15, 0.2) is 0 Å². The number of carbonyl (C=O) groups excluding carboxylic acids is 1. The van der Waals surface area contributed by atoms with Gasteiger partial charge in [-0.15, -0.1) is 0 Å². The molecular formula is C18H19O3-. The summed E-state index contributed by atoms with van der Waals surface area (Å²) < 4.78 is 5.84. The molecule has 0 aromatic heterocycles. The van der Waals surface area contributed by atoms with Crippen LogP contribution in [0, 0.1) is 0 Å². The van der Waals surface area contributed by atoms with Crippen molar-refractivity contribution in [1.82, 2.24) is 0 Å². The quantitative estimate of drug-likeness (QED) is 0.785. The van der Waals surface area contributed by atoms with Gasteiger partial charge in [-0.05, 0) is 47.7 Å². The van der Waals surface area contributed by atoms with Crippen molar-refractivity contribution in [3.63, 3.8) is 0 Å². The molecule has 0 aliphatic heterocycles. The number of carbonyl (C=O) groups is 1. The molecule has 0 bridgehead atoms. The summed E-state index contributed by atoms with van der Waals surface area (Å²) in [7, 11) is 0. The Bertz CT molecular complexity index is 591. The van der Waals surface area contributed by atoms with E-state index in [-0.39, 0.29) is 5.56 Å². The van der Waals surface area contributed by atoms with Gasteiger partial charge in [-0.1, -0.05) is 43.7 Å². The lowest BCUT2D eigenvalue weighted by Crippen LogP contribution is -2.22. The van der Waals surface area contributed by atoms with Gasteiger partial charge in [0.1, 0.15) is 12.4 Å². The number of carboxylic acids is 1. The second-order valence-electron chi connectivity index (χ2n) is 4.99. The Kier molecular flexibility index (Phi) is 5.38. The summed E-state index contributed by atoms with van der Waals surface area (Å²) in [5.74, 6) is -0.403. The Labute approximate surface area is 125 Å². The molecule has 0 saturated heterocycles. The van der Waals surface area contributed by atoms with Crippen LogP contribution in [-0.2, 0) is 13.0 Å². The molecule has 21 heavy (non-hydrogen) atoms. The standard InChI is InChI=1S/C18H20O3/c1-2-3-9-15-12-16(18(19)20)10-11-17(15)21-13-14-7-5-4-6-8-14/h4-8,10-12H,2-3,9,13H2,1H3,(H,19,20)/p-1. The molecule has 0 aliphatic rings. The maximum absolute atomic E-state index is 11.0. The van der Waals surface area contributed by atoms with Gasteiger partial charge in [-0.2, -0.15) is 0 Å². The monoisotopic (exact) mass is 283 g/mol. The summed E-state index contributed by atoms with van der Waals surface area (Å²) in [5, 5.41) is 11.0. The van der Waals surface area contributed by atoms with Gasteiger partial charge in [0.25, 0.3) is 0 Å². The second-order valence-corrected chi connectivity index (χ2v) is 4.99. The molecule has 2 rings (SSSR count). The molecule has 0 aliphatic carbocycles. The fraction of sp³-hybridized carbons (Fsp3) is 0.278. The summed E-state index contributed by atoms with van der Waals surface area (Å²) in [5.41, 5.74) is 2.21. The average Bonchev–Trinajstić information content (AvgIpc) is 2.52. The van der Waals surface area contributed by atoms with Crippen LogP contribution < -0.4 is 9.84 Å². The highest BCUT2D eigenvalue weighted by Crippen LogP contribution is 2.23. The van der Waals surface area contributed by atoms with E-state index in [1.165, 1.54) is 6.07 Å². The Morgan fingerprint density at radius 1 is 1.14 bits per heavy atom. The molecule has 0 fully saturated rings. The van der Waals surface area contributed by atoms with Crippen LogP contribution in [0.25, 0.3) is 0 Å². The predicted octanol–water partition coefficient (Wildman–Crippen LogP) is 2.97. The SMILES string of the molecule is CCCCc1cc(C(=O)[O-])ccc1OCc1ccccc1. The number of aryl methyl sites for hydroxylation is 1. The van der Waals surface area contributed by atoms with Crippen LogP contribution in [0.5, 0.6) is 5.75 Å². The van der Waals surface area contributed by atoms with Crippen LogP contribution in [0.1, 0.15) is 41.3 Å². The summed E-state index contributed by atoms with van der Waals surface area (Å²) in [4.78, 5) is 11.0. The Morgan fingerprint density at radius 3 is 2.57 bits per heavy atom. The zero-order valence-electron chi connectivity index (χ0n) is 12.2. The highest BCUT2D eigenvalue weighted by atomic mass is 16.5. The van der Waals surface area contributed by atoms with E-state index in [1.807, 2.05) is 30.3 Å². The maximum atomic E-state index is 11.0. The zero-order chi connectivity index (χ0) is 15.1. The van der Waals surface area contributed by atoms with Gasteiger partial charge in [0, 0.05) is 0 Å². The minimum atomic E-state index is -1.15. The van der Waals surface area contributed by atoms with Crippen molar-refractivity contribution in [2.24, 2.45) is 0 Å². The summed E-state index contributed by atoms with van der Waals surface area (Å²) >= 11 is 0. The third-order valence-corrected chi connectivity index (χ3v) is 3.33. The lowest BCUT2D eigenvalue weighted by molar-refractivity contribution is -0.255. The first-order chi connectivity index (χ1) is 10.2. The number of benzene rings is 2. The van der Waals surface area contributed by atoms with Gasteiger partial charge in [0.05, 0.1) is 5.97 Å². The second kappa shape index (κ2) is 7.48. The van der Waals surface area contributed by atoms with Gasteiger partial charge in [-0.3, -0.25) is 0 Å². The normalized spacial score (nSPS) is 10.3. The number of hydrogen-bond acceptors (Lipinski definition) is 3. The van der Waals surface area contributed by atoms with E-state index in [4.69, 9.17) is 4.74 Å². The lowest BCUT2D eigenvalue weighted by Gasteiger charge is -2.13. The molecule has 0 unspecified atom stereocenters. The van der Waals surface area contributed by atoms with Crippen molar-refractivity contribution in [2.45, 2.75) is 32.8 Å². The Balaban J connectivity index is 2.14. The number of ether oxygens (including phenoxy) is 1. The smallest absolute Gasteiger partial charge is 0.123 e. The predicted molar refractivity (Wildman–Crippen MR) is 80.2 cm³/mol. The van der Waals surface area contributed by atoms with E-state index < -0.39 is 5.97 Å². The molecule has 0 atom stereocenters. The van der Waals surface area contributed by atoms with Crippen molar-refractivity contribution in [3.05, 3.63) is 65.2 Å². The van der Waals surface area contributed by atoms with E-state index in [2.05, 4.69) is 6.92 Å². The molecule has 2 aromatic carbocycles. The molecule has 110 valence electrons. The molecule has 0 radical (unpaired) electrons. The molecule has 2 aromatic rings. The van der Waals surface area contributed by atoms with E-state index in [0.717, 1.165) is 36.1 Å². The number of aromatic carboxylic acids is 1. The van der Waals surface area contributed by atoms with Crippen molar-refractivity contribution in [1.29, 1.82) is 0 Å². The fourth-order valence-electron chi connectivity index (χ4n) is 2.15. The molecule has 0 amide bonds. The molecule has 0 N–H and O–H groups in total. The number of hydrogen-bond donors (Lipinski definition) is 0. The number of unbranched alkanes of at least 4 members (excludes halogenated alkanes) is 1. The third-order valence-electron chi connectivity index (χ3n) is 3.33. The highest BCUT2D eigenvalue weighted by Gasteiger charge is 2.06. The third kappa shape index (κ3) is 4.35. The first kappa shape index (κ1) is 15.1. The van der Waals surface area contributed by atoms with Crippen LogP contribution in [0.2, 0.25) is 0 Å². The zero-order valence-corrected chi connectivity index (χ0v) is 12.2. The number of rotatable bonds is 7. The minimum Gasteiger partial charge on any atom is -0.545 e. The highest BCUT2D eigenvalue weighted by molar-refractivity contribution is 5.86. The van der Waals surface area contributed by atoms with E-state index in [1.54, 1.807) is 12.1 Å². The fourth-order valence-corrected chi connectivity index (χ4v) is 2.15. The van der Waals surface area contributed by atoms with Crippen molar-refractivity contribution in [2.75, 3.05) is 0 Å². The molecule has 3 heteroatoms. The van der Waals surface area contributed by atoms with Crippen LogP contribution in [-0.4, -0.2) is 5.97 Å². The largest absolute Gasteiger partial charge is 0.545 e.